The van der Waals surface area contributed by atoms with Crippen LogP contribution in [0, 0.1) is 0 Å². The van der Waals surface area contributed by atoms with Gasteiger partial charge < -0.3 is 14.5 Å². The summed E-state index contributed by atoms with van der Waals surface area (Å²) in [5, 5.41) is 1.03. The van der Waals surface area contributed by atoms with Gasteiger partial charge in [0.05, 0.1) is 12.1 Å². The second-order valence-electron chi connectivity index (χ2n) is 6.78. The van der Waals surface area contributed by atoms with Crippen molar-refractivity contribution < 1.29 is 9.53 Å². The number of fused-ring (bicyclic) bond motifs is 1. The van der Waals surface area contributed by atoms with Crippen molar-refractivity contribution in [1.82, 2.24) is 19.9 Å². The smallest absolute Gasteiger partial charge is 0.272 e. The van der Waals surface area contributed by atoms with Crippen LogP contribution in [0.15, 0.2) is 48.8 Å². The first-order chi connectivity index (χ1) is 13.1. The van der Waals surface area contributed by atoms with Crippen LogP contribution in [-0.2, 0) is 0 Å². The van der Waals surface area contributed by atoms with Gasteiger partial charge in [-0.05, 0) is 12.1 Å². The van der Waals surface area contributed by atoms with E-state index < -0.39 is 0 Å². The molecule has 1 aliphatic heterocycles. The zero-order valence-corrected chi connectivity index (χ0v) is 15.4. The number of benzene rings is 1. The van der Waals surface area contributed by atoms with Crippen molar-refractivity contribution in [1.29, 1.82) is 0 Å². The molecule has 0 N–H and O–H groups in total. The lowest BCUT2D eigenvalue weighted by molar-refractivity contribution is 0.0766. The maximum absolute atomic E-state index is 12.8. The SMILES string of the molecule is CN(C)c1cc(OC2CCN(C(=O)c3ccc4ccccc4n3)C2)ncn1. The molecule has 7 heteroatoms. The van der Waals surface area contributed by atoms with Crippen molar-refractivity contribution in [2.45, 2.75) is 12.5 Å². The van der Waals surface area contributed by atoms with Gasteiger partial charge in [0.1, 0.15) is 23.9 Å². The Morgan fingerprint density at radius 1 is 1.19 bits per heavy atom. The second-order valence-corrected chi connectivity index (χ2v) is 6.78. The fourth-order valence-electron chi connectivity index (χ4n) is 3.17. The Morgan fingerprint density at radius 3 is 2.89 bits per heavy atom. The van der Waals surface area contributed by atoms with Gasteiger partial charge in [0.2, 0.25) is 5.88 Å². The van der Waals surface area contributed by atoms with Gasteiger partial charge in [-0.15, -0.1) is 0 Å². The molecule has 4 rings (SSSR count). The summed E-state index contributed by atoms with van der Waals surface area (Å²) in [4.78, 5) is 29.3. The minimum absolute atomic E-state index is 0.0662. The maximum Gasteiger partial charge on any atom is 0.272 e. The number of rotatable bonds is 4. The molecule has 0 radical (unpaired) electrons. The molecule has 1 atom stereocenters. The molecule has 0 spiro atoms. The Balaban J connectivity index is 1.44. The highest BCUT2D eigenvalue weighted by molar-refractivity contribution is 5.95. The second kappa shape index (κ2) is 7.19. The molecule has 3 heterocycles. The lowest BCUT2D eigenvalue weighted by Gasteiger charge is -2.17. The van der Waals surface area contributed by atoms with Crippen LogP contribution in [0.3, 0.4) is 0 Å². The van der Waals surface area contributed by atoms with Gasteiger partial charge in [0.15, 0.2) is 0 Å². The number of pyridine rings is 1. The molecule has 1 fully saturated rings. The molecule has 3 aromatic rings. The van der Waals surface area contributed by atoms with E-state index in [1.54, 1.807) is 17.0 Å². The van der Waals surface area contributed by atoms with Crippen LogP contribution in [0.4, 0.5) is 5.82 Å². The molecule has 1 amide bonds. The number of anilines is 1. The fraction of sp³-hybridized carbons (Fsp3) is 0.300. The van der Waals surface area contributed by atoms with Crippen LogP contribution in [0.2, 0.25) is 0 Å². The molecule has 1 aliphatic rings. The minimum Gasteiger partial charge on any atom is -0.472 e. The summed E-state index contributed by atoms with van der Waals surface area (Å²) in [5.41, 5.74) is 1.29. The topological polar surface area (TPSA) is 71.5 Å². The minimum atomic E-state index is -0.0840. The average molecular weight is 363 g/mol. The van der Waals surface area contributed by atoms with E-state index in [4.69, 9.17) is 4.74 Å². The molecule has 0 bridgehead atoms. The molecule has 27 heavy (non-hydrogen) atoms. The van der Waals surface area contributed by atoms with Gasteiger partial charge >= 0.3 is 0 Å². The van der Waals surface area contributed by atoms with Crippen molar-refractivity contribution >= 4 is 22.6 Å². The fourth-order valence-corrected chi connectivity index (χ4v) is 3.17. The summed E-state index contributed by atoms with van der Waals surface area (Å²) >= 11 is 0. The number of hydrogen-bond donors (Lipinski definition) is 0. The third-order valence-electron chi connectivity index (χ3n) is 4.62. The Bertz CT molecular complexity index is 975. The van der Waals surface area contributed by atoms with Crippen LogP contribution < -0.4 is 9.64 Å². The predicted octanol–water partition coefficient (Wildman–Crippen LogP) is 2.38. The largest absolute Gasteiger partial charge is 0.472 e. The van der Waals surface area contributed by atoms with Crippen molar-refractivity contribution in [3.8, 4) is 5.88 Å². The van der Waals surface area contributed by atoms with Gasteiger partial charge in [-0.1, -0.05) is 24.3 Å². The summed E-state index contributed by atoms with van der Waals surface area (Å²) in [6.07, 6.45) is 2.17. The van der Waals surface area contributed by atoms with E-state index in [1.165, 1.54) is 6.33 Å². The quantitative estimate of drug-likeness (QED) is 0.709. The van der Waals surface area contributed by atoms with Crippen LogP contribution in [-0.4, -0.2) is 59.0 Å². The van der Waals surface area contributed by atoms with Gasteiger partial charge in [-0.25, -0.2) is 15.0 Å². The lowest BCUT2D eigenvalue weighted by atomic mass is 10.2. The highest BCUT2D eigenvalue weighted by atomic mass is 16.5. The number of para-hydroxylation sites is 1. The summed E-state index contributed by atoms with van der Waals surface area (Å²) in [6, 6.07) is 13.3. The van der Waals surface area contributed by atoms with E-state index in [1.807, 2.05) is 49.3 Å². The summed E-state index contributed by atoms with van der Waals surface area (Å²) in [5.74, 6) is 1.24. The number of nitrogens with zero attached hydrogens (tertiary/aromatic N) is 5. The lowest BCUT2D eigenvalue weighted by Crippen LogP contribution is -2.31. The zero-order chi connectivity index (χ0) is 18.8. The molecule has 7 nitrogen and oxygen atoms in total. The number of amides is 1. The Morgan fingerprint density at radius 2 is 2.04 bits per heavy atom. The summed E-state index contributed by atoms with van der Waals surface area (Å²) in [6.45, 7) is 1.16. The molecule has 1 saturated heterocycles. The van der Waals surface area contributed by atoms with Gasteiger partial charge in [0.25, 0.3) is 5.91 Å². The Labute approximate surface area is 157 Å². The van der Waals surface area contributed by atoms with E-state index in [2.05, 4.69) is 15.0 Å². The van der Waals surface area contributed by atoms with Crippen molar-refractivity contribution in [3.63, 3.8) is 0 Å². The Kier molecular flexibility index (Phi) is 4.58. The first kappa shape index (κ1) is 17.2. The number of carbonyl (C=O) groups excluding carboxylic acids is 1. The first-order valence-corrected chi connectivity index (χ1v) is 8.91. The monoisotopic (exact) mass is 363 g/mol. The number of likely N-dealkylation sites (tertiary alicyclic amines) is 1. The molecule has 0 aliphatic carbocycles. The normalized spacial score (nSPS) is 16.5. The molecular weight excluding hydrogens is 342 g/mol. The molecule has 138 valence electrons. The first-order valence-electron chi connectivity index (χ1n) is 8.91. The molecular formula is C20H21N5O2. The number of ether oxygens (including phenoxy) is 1. The summed E-state index contributed by atoms with van der Waals surface area (Å²) in [7, 11) is 3.83. The Hall–Kier alpha value is -3.22. The molecule has 1 aromatic carbocycles. The third-order valence-corrected chi connectivity index (χ3v) is 4.62. The number of carbonyl (C=O) groups is 1. The van der Waals surface area contributed by atoms with Crippen LogP contribution in [0.25, 0.3) is 10.9 Å². The van der Waals surface area contributed by atoms with E-state index in [-0.39, 0.29) is 12.0 Å². The van der Waals surface area contributed by atoms with Crippen LogP contribution >= 0.6 is 0 Å². The molecule has 2 aromatic heterocycles. The van der Waals surface area contributed by atoms with Crippen molar-refractivity contribution in [3.05, 3.63) is 54.5 Å². The third kappa shape index (κ3) is 3.67. The van der Waals surface area contributed by atoms with Gasteiger partial charge in [0, 0.05) is 38.5 Å². The highest BCUT2D eigenvalue weighted by Gasteiger charge is 2.29. The molecule has 0 saturated carbocycles. The number of aromatic nitrogens is 3. The predicted molar refractivity (Wildman–Crippen MR) is 103 cm³/mol. The van der Waals surface area contributed by atoms with Gasteiger partial charge in [-0.3, -0.25) is 4.79 Å². The maximum atomic E-state index is 12.8. The van der Waals surface area contributed by atoms with E-state index in [0.717, 1.165) is 23.1 Å². The van der Waals surface area contributed by atoms with E-state index in [9.17, 15) is 4.79 Å². The van der Waals surface area contributed by atoms with E-state index in [0.29, 0.717) is 24.7 Å². The van der Waals surface area contributed by atoms with Gasteiger partial charge in [-0.2, -0.15) is 0 Å². The van der Waals surface area contributed by atoms with Crippen LogP contribution in [0.5, 0.6) is 5.88 Å². The molecule has 1 unspecified atom stereocenters. The number of hydrogen-bond acceptors (Lipinski definition) is 6. The highest BCUT2D eigenvalue weighted by Crippen LogP contribution is 2.21. The van der Waals surface area contributed by atoms with Crippen molar-refractivity contribution in [2.75, 3.05) is 32.1 Å². The standard InChI is InChI=1S/C20H21N5O2/c1-24(2)18-11-19(22-13-21-18)27-15-9-10-25(12-15)20(26)17-8-7-14-5-3-4-6-16(14)23-17/h3-8,11,13,15H,9-10,12H2,1-2H3. The van der Waals surface area contributed by atoms with Crippen LogP contribution in [0.1, 0.15) is 16.9 Å². The van der Waals surface area contributed by atoms with E-state index >= 15 is 0 Å². The van der Waals surface area contributed by atoms with Crippen molar-refractivity contribution in [2.24, 2.45) is 0 Å². The average Bonchev–Trinajstić information content (AvgIpc) is 3.15. The zero-order valence-electron chi connectivity index (χ0n) is 15.4. The summed E-state index contributed by atoms with van der Waals surface area (Å²) < 4.78 is 5.96.